The summed E-state index contributed by atoms with van der Waals surface area (Å²) < 4.78 is 5.24. The van der Waals surface area contributed by atoms with E-state index in [0.29, 0.717) is 0 Å². The van der Waals surface area contributed by atoms with Crippen molar-refractivity contribution in [2.24, 2.45) is 0 Å². The zero-order valence-electron chi connectivity index (χ0n) is 17.1. The third-order valence-electron chi connectivity index (χ3n) is 6.70. The lowest BCUT2D eigenvalue weighted by atomic mass is 10.0. The molecule has 3 fully saturated rings. The van der Waals surface area contributed by atoms with Crippen molar-refractivity contribution < 1.29 is 9.53 Å². The van der Waals surface area contributed by atoms with E-state index in [9.17, 15) is 4.79 Å². The standard InChI is InChI=1S/C22H34N4O2/c1-28-21-8-6-20(7-9-21)24-12-10-18(11-13-24)23-22(27)26-16-14-25(15-17-26)19-4-2-3-5-19/h6-9,18-19H,2-5,10-17H2,1H3,(H,23,27). The summed E-state index contributed by atoms with van der Waals surface area (Å²) in [6.07, 6.45) is 7.44. The van der Waals surface area contributed by atoms with Gasteiger partial charge in [0.05, 0.1) is 7.11 Å². The number of piperidine rings is 1. The number of piperazine rings is 1. The minimum atomic E-state index is 0.133. The molecule has 1 aromatic rings. The third-order valence-corrected chi connectivity index (χ3v) is 6.70. The molecule has 0 bridgehead atoms. The molecule has 154 valence electrons. The molecule has 1 aliphatic carbocycles. The lowest BCUT2D eigenvalue weighted by molar-refractivity contribution is 0.108. The number of ether oxygens (including phenoxy) is 1. The highest BCUT2D eigenvalue weighted by atomic mass is 16.5. The second-order valence-electron chi connectivity index (χ2n) is 8.37. The van der Waals surface area contributed by atoms with Crippen LogP contribution in [0.4, 0.5) is 10.5 Å². The second kappa shape index (κ2) is 9.03. The highest BCUT2D eigenvalue weighted by Crippen LogP contribution is 2.25. The minimum absolute atomic E-state index is 0.133. The Labute approximate surface area is 168 Å². The Balaban J connectivity index is 1.19. The Morgan fingerprint density at radius 2 is 1.57 bits per heavy atom. The van der Waals surface area contributed by atoms with Gasteiger partial charge in [-0.1, -0.05) is 12.8 Å². The predicted octanol–water partition coefficient (Wildman–Crippen LogP) is 2.93. The van der Waals surface area contributed by atoms with Crippen molar-refractivity contribution in [2.75, 3.05) is 51.3 Å². The molecule has 28 heavy (non-hydrogen) atoms. The van der Waals surface area contributed by atoms with Crippen LogP contribution in [0.5, 0.6) is 5.75 Å². The lowest BCUT2D eigenvalue weighted by Crippen LogP contribution is -2.56. The maximum atomic E-state index is 12.7. The highest BCUT2D eigenvalue weighted by Gasteiger charge is 2.29. The first kappa shape index (κ1) is 19.4. The topological polar surface area (TPSA) is 48.1 Å². The van der Waals surface area contributed by atoms with Crippen LogP contribution >= 0.6 is 0 Å². The summed E-state index contributed by atoms with van der Waals surface area (Å²) in [5.41, 5.74) is 1.23. The SMILES string of the molecule is COc1ccc(N2CCC(NC(=O)N3CCN(C4CCCC4)CC3)CC2)cc1. The van der Waals surface area contributed by atoms with Gasteiger partial charge in [-0.3, -0.25) is 4.90 Å². The lowest BCUT2D eigenvalue weighted by Gasteiger charge is -2.39. The highest BCUT2D eigenvalue weighted by molar-refractivity contribution is 5.74. The van der Waals surface area contributed by atoms with Gasteiger partial charge in [0.2, 0.25) is 0 Å². The Morgan fingerprint density at radius 3 is 2.18 bits per heavy atom. The van der Waals surface area contributed by atoms with Crippen molar-refractivity contribution in [2.45, 2.75) is 50.6 Å². The first-order chi connectivity index (χ1) is 13.7. The van der Waals surface area contributed by atoms with Gasteiger partial charge in [-0.25, -0.2) is 4.79 Å². The molecule has 2 saturated heterocycles. The molecule has 0 aromatic heterocycles. The largest absolute Gasteiger partial charge is 0.497 e. The maximum absolute atomic E-state index is 12.7. The van der Waals surface area contributed by atoms with E-state index in [2.05, 4.69) is 27.2 Å². The van der Waals surface area contributed by atoms with E-state index in [4.69, 9.17) is 4.74 Å². The van der Waals surface area contributed by atoms with Crippen LogP contribution in [0.25, 0.3) is 0 Å². The molecule has 0 atom stereocenters. The number of rotatable bonds is 4. The van der Waals surface area contributed by atoms with Gasteiger partial charge in [0.25, 0.3) is 0 Å². The van der Waals surface area contributed by atoms with Crippen molar-refractivity contribution in [1.29, 1.82) is 0 Å². The summed E-state index contributed by atoms with van der Waals surface area (Å²) >= 11 is 0. The van der Waals surface area contributed by atoms with Gasteiger partial charge in [-0.15, -0.1) is 0 Å². The first-order valence-corrected chi connectivity index (χ1v) is 10.9. The molecule has 0 spiro atoms. The number of hydrogen-bond donors (Lipinski definition) is 1. The molecule has 1 N–H and O–H groups in total. The van der Waals surface area contributed by atoms with E-state index < -0.39 is 0 Å². The maximum Gasteiger partial charge on any atom is 0.317 e. The van der Waals surface area contributed by atoms with Crippen LogP contribution in [-0.2, 0) is 0 Å². The number of benzene rings is 1. The summed E-state index contributed by atoms with van der Waals surface area (Å²) in [4.78, 5) is 19.7. The number of urea groups is 1. The summed E-state index contributed by atoms with van der Waals surface area (Å²) in [6.45, 7) is 5.77. The Bertz CT molecular complexity index is 628. The van der Waals surface area contributed by atoms with Gasteiger partial charge < -0.3 is 19.9 Å². The normalized spacial score (nSPS) is 22.5. The molecule has 1 saturated carbocycles. The smallest absolute Gasteiger partial charge is 0.317 e. The Kier molecular flexibility index (Phi) is 6.25. The van der Waals surface area contributed by atoms with Gasteiger partial charge >= 0.3 is 6.03 Å². The molecule has 4 rings (SSSR count). The van der Waals surface area contributed by atoms with E-state index in [-0.39, 0.29) is 12.1 Å². The van der Waals surface area contributed by atoms with Gasteiger partial charge in [0.1, 0.15) is 5.75 Å². The summed E-state index contributed by atoms with van der Waals surface area (Å²) in [6, 6.07) is 9.43. The number of amides is 2. The molecule has 1 aromatic carbocycles. The Hall–Kier alpha value is -1.95. The van der Waals surface area contributed by atoms with Crippen molar-refractivity contribution in [3.8, 4) is 5.75 Å². The van der Waals surface area contributed by atoms with Gasteiger partial charge in [-0.2, -0.15) is 0 Å². The van der Waals surface area contributed by atoms with Gasteiger partial charge in [0, 0.05) is 57.0 Å². The third kappa shape index (κ3) is 4.54. The number of nitrogens with zero attached hydrogens (tertiary/aromatic N) is 3. The summed E-state index contributed by atoms with van der Waals surface area (Å²) in [5.74, 6) is 0.888. The van der Waals surface area contributed by atoms with E-state index in [0.717, 1.165) is 63.9 Å². The molecule has 2 amide bonds. The monoisotopic (exact) mass is 386 g/mol. The molecule has 0 radical (unpaired) electrons. The fourth-order valence-electron chi connectivity index (χ4n) is 4.90. The number of methoxy groups -OCH3 is 1. The Morgan fingerprint density at radius 1 is 0.929 bits per heavy atom. The average molecular weight is 387 g/mol. The van der Waals surface area contributed by atoms with Crippen LogP contribution in [0, 0.1) is 0 Å². The quantitative estimate of drug-likeness (QED) is 0.864. The summed E-state index contributed by atoms with van der Waals surface area (Å²) in [7, 11) is 1.69. The van der Waals surface area contributed by atoms with Crippen LogP contribution in [0.2, 0.25) is 0 Å². The van der Waals surface area contributed by atoms with Gasteiger partial charge in [0.15, 0.2) is 0 Å². The molecular weight excluding hydrogens is 352 g/mol. The molecule has 2 heterocycles. The van der Waals surface area contributed by atoms with Crippen LogP contribution in [0.15, 0.2) is 24.3 Å². The number of anilines is 1. The van der Waals surface area contributed by atoms with Crippen molar-refractivity contribution >= 4 is 11.7 Å². The van der Waals surface area contributed by atoms with Crippen molar-refractivity contribution in [3.05, 3.63) is 24.3 Å². The second-order valence-corrected chi connectivity index (χ2v) is 8.37. The van der Waals surface area contributed by atoms with Gasteiger partial charge in [-0.05, 0) is 49.9 Å². The van der Waals surface area contributed by atoms with Crippen LogP contribution in [0.3, 0.4) is 0 Å². The van der Waals surface area contributed by atoms with Crippen LogP contribution in [0.1, 0.15) is 38.5 Å². The van der Waals surface area contributed by atoms with E-state index in [1.165, 1.54) is 31.4 Å². The zero-order chi connectivity index (χ0) is 19.3. The minimum Gasteiger partial charge on any atom is -0.497 e. The average Bonchev–Trinajstić information content (AvgIpc) is 3.29. The molecule has 3 aliphatic rings. The van der Waals surface area contributed by atoms with Crippen molar-refractivity contribution in [1.82, 2.24) is 15.1 Å². The number of carbonyl (C=O) groups excluding carboxylic acids is 1. The first-order valence-electron chi connectivity index (χ1n) is 10.9. The van der Waals surface area contributed by atoms with Crippen molar-refractivity contribution in [3.63, 3.8) is 0 Å². The van der Waals surface area contributed by atoms with E-state index in [1.807, 2.05) is 17.0 Å². The molecule has 0 unspecified atom stereocenters. The molecule has 6 heteroatoms. The zero-order valence-corrected chi connectivity index (χ0v) is 17.1. The van der Waals surface area contributed by atoms with E-state index >= 15 is 0 Å². The molecule has 6 nitrogen and oxygen atoms in total. The van der Waals surface area contributed by atoms with Crippen LogP contribution in [-0.4, -0.2) is 74.3 Å². The summed E-state index contributed by atoms with van der Waals surface area (Å²) in [5, 5.41) is 3.29. The molecular formula is C22H34N4O2. The number of carbonyl (C=O) groups is 1. The van der Waals surface area contributed by atoms with Crippen LogP contribution < -0.4 is 15.0 Å². The predicted molar refractivity (Wildman–Crippen MR) is 112 cm³/mol. The van der Waals surface area contributed by atoms with E-state index in [1.54, 1.807) is 7.11 Å². The number of hydrogen-bond acceptors (Lipinski definition) is 4. The fourth-order valence-corrected chi connectivity index (χ4v) is 4.90. The number of nitrogens with one attached hydrogen (secondary N) is 1. The molecule has 2 aliphatic heterocycles. The fraction of sp³-hybridized carbons (Fsp3) is 0.682.